The molecule has 0 aromatic rings. The molecular weight excluding hydrogens is 296 g/mol. The van der Waals surface area contributed by atoms with Crippen LogP contribution < -0.4 is 11.1 Å². The normalized spacial score (nSPS) is 11.9. The predicted octanol–water partition coefficient (Wildman–Crippen LogP) is 2.74. The van der Waals surface area contributed by atoms with Crippen LogP contribution in [-0.2, 0) is 14.4 Å². The van der Waals surface area contributed by atoms with Gasteiger partial charge in [-0.3, -0.25) is 9.59 Å². The monoisotopic (exact) mass is 328 g/mol. The lowest BCUT2D eigenvalue weighted by molar-refractivity contribution is -0.142. The van der Waals surface area contributed by atoms with Gasteiger partial charge in [0.1, 0.15) is 6.04 Å². The Morgan fingerprint density at radius 3 is 1.91 bits per heavy atom. The summed E-state index contributed by atoms with van der Waals surface area (Å²) >= 11 is 0. The molecule has 0 aliphatic rings. The molecule has 0 spiro atoms. The van der Waals surface area contributed by atoms with Crippen LogP contribution in [0.2, 0.25) is 0 Å². The first-order valence-corrected chi connectivity index (χ1v) is 8.77. The summed E-state index contributed by atoms with van der Waals surface area (Å²) in [7, 11) is 0. The first-order valence-electron chi connectivity index (χ1n) is 8.77. The molecule has 0 aliphatic carbocycles. The third-order valence-corrected chi connectivity index (χ3v) is 3.82. The maximum absolute atomic E-state index is 11.7. The Balaban J connectivity index is 3.67. The molecule has 4 N–H and O–H groups in total. The molecule has 0 fully saturated rings. The molecule has 0 aliphatic heterocycles. The Hall–Kier alpha value is -1.59. The van der Waals surface area contributed by atoms with Crippen molar-refractivity contribution in [2.45, 2.75) is 90.0 Å². The lowest BCUT2D eigenvalue weighted by Crippen LogP contribution is -2.41. The third kappa shape index (κ3) is 13.8. The number of rotatable bonds is 15. The highest BCUT2D eigenvalue weighted by Crippen LogP contribution is 2.10. The molecule has 6 nitrogen and oxygen atoms in total. The predicted molar refractivity (Wildman–Crippen MR) is 89.8 cm³/mol. The highest BCUT2D eigenvalue weighted by atomic mass is 16.4. The molecule has 134 valence electrons. The quantitative estimate of drug-likeness (QED) is 0.401. The lowest BCUT2D eigenvalue weighted by atomic mass is 10.1. The summed E-state index contributed by atoms with van der Waals surface area (Å²) in [5.74, 6) is -1.97. The van der Waals surface area contributed by atoms with E-state index in [-0.39, 0.29) is 18.7 Å². The van der Waals surface area contributed by atoms with Gasteiger partial charge in [-0.05, 0) is 12.8 Å². The van der Waals surface area contributed by atoms with Crippen LogP contribution in [0.5, 0.6) is 0 Å². The van der Waals surface area contributed by atoms with E-state index in [1.165, 1.54) is 38.5 Å². The molecule has 1 unspecified atom stereocenters. The van der Waals surface area contributed by atoms with Crippen LogP contribution >= 0.6 is 0 Å². The van der Waals surface area contributed by atoms with Gasteiger partial charge in [-0.15, -0.1) is 0 Å². The first kappa shape index (κ1) is 21.4. The molecule has 0 aromatic carbocycles. The zero-order valence-corrected chi connectivity index (χ0v) is 14.3. The largest absolute Gasteiger partial charge is 0.480 e. The molecule has 2 amide bonds. The van der Waals surface area contributed by atoms with E-state index in [2.05, 4.69) is 12.2 Å². The average molecular weight is 328 g/mol. The van der Waals surface area contributed by atoms with Gasteiger partial charge in [0.2, 0.25) is 11.8 Å². The minimum atomic E-state index is -1.13. The standard InChI is InChI=1S/C17H32N2O4/c1-2-3-4-5-6-7-8-9-10-11-16(21)19-14(17(22)23)12-13-15(18)20/h14H,2-13H2,1H3,(H2,18,20)(H,19,21)(H,22,23). The number of unbranched alkanes of at least 4 members (excludes halogenated alkanes) is 8. The number of hydrogen-bond donors (Lipinski definition) is 3. The molecule has 1 atom stereocenters. The Morgan fingerprint density at radius 2 is 1.43 bits per heavy atom. The minimum absolute atomic E-state index is 0.0359. The summed E-state index contributed by atoms with van der Waals surface area (Å²) in [4.78, 5) is 33.4. The number of nitrogens with one attached hydrogen (secondary N) is 1. The van der Waals surface area contributed by atoms with Crippen molar-refractivity contribution in [2.24, 2.45) is 5.73 Å². The van der Waals surface area contributed by atoms with E-state index in [0.717, 1.165) is 19.3 Å². The summed E-state index contributed by atoms with van der Waals surface area (Å²) < 4.78 is 0. The maximum Gasteiger partial charge on any atom is 0.326 e. The second-order valence-corrected chi connectivity index (χ2v) is 6.04. The number of carbonyl (C=O) groups is 3. The van der Waals surface area contributed by atoms with E-state index in [0.29, 0.717) is 6.42 Å². The topological polar surface area (TPSA) is 109 Å². The highest BCUT2D eigenvalue weighted by Gasteiger charge is 2.20. The zero-order chi connectivity index (χ0) is 17.5. The van der Waals surface area contributed by atoms with Crippen molar-refractivity contribution in [3.63, 3.8) is 0 Å². The number of nitrogens with two attached hydrogens (primary N) is 1. The molecule has 0 saturated heterocycles. The SMILES string of the molecule is CCCCCCCCCCCC(=O)NC(CCC(N)=O)C(=O)O. The molecule has 0 heterocycles. The van der Waals surface area contributed by atoms with Crippen molar-refractivity contribution in [3.8, 4) is 0 Å². The Kier molecular flexibility index (Phi) is 13.1. The second-order valence-electron chi connectivity index (χ2n) is 6.04. The number of carbonyl (C=O) groups excluding carboxylic acids is 2. The Labute approximate surface area is 139 Å². The zero-order valence-electron chi connectivity index (χ0n) is 14.3. The van der Waals surface area contributed by atoms with Crippen LogP contribution in [0.1, 0.15) is 84.0 Å². The van der Waals surface area contributed by atoms with Gasteiger partial charge in [0, 0.05) is 12.8 Å². The minimum Gasteiger partial charge on any atom is -0.480 e. The van der Waals surface area contributed by atoms with Crippen LogP contribution in [0.15, 0.2) is 0 Å². The summed E-state index contributed by atoms with van der Waals surface area (Å²) in [6, 6.07) is -1.03. The van der Waals surface area contributed by atoms with Crippen molar-refractivity contribution in [3.05, 3.63) is 0 Å². The third-order valence-electron chi connectivity index (χ3n) is 3.82. The number of carboxylic acid groups (broad SMARTS) is 1. The second kappa shape index (κ2) is 14.0. The lowest BCUT2D eigenvalue weighted by Gasteiger charge is -2.13. The molecule has 6 heteroatoms. The summed E-state index contributed by atoms with van der Waals surface area (Å²) in [6.45, 7) is 2.20. The van der Waals surface area contributed by atoms with Gasteiger partial charge in [0.05, 0.1) is 0 Å². The fourth-order valence-corrected chi connectivity index (χ4v) is 2.41. The molecule has 0 bridgehead atoms. The first-order chi connectivity index (χ1) is 11.0. The van der Waals surface area contributed by atoms with Crippen molar-refractivity contribution in [1.82, 2.24) is 5.32 Å². The van der Waals surface area contributed by atoms with E-state index >= 15 is 0 Å². The van der Waals surface area contributed by atoms with E-state index in [1.54, 1.807) is 0 Å². The van der Waals surface area contributed by atoms with E-state index in [9.17, 15) is 14.4 Å². The van der Waals surface area contributed by atoms with Crippen molar-refractivity contribution in [1.29, 1.82) is 0 Å². The Bertz CT molecular complexity index is 359. The van der Waals surface area contributed by atoms with Crippen LogP contribution in [0.3, 0.4) is 0 Å². The van der Waals surface area contributed by atoms with Gasteiger partial charge < -0.3 is 16.2 Å². The maximum atomic E-state index is 11.7. The fraction of sp³-hybridized carbons (Fsp3) is 0.824. The summed E-state index contributed by atoms with van der Waals surface area (Å²) in [6.07, 6.45) is 10.8. The van der Waals surface area contributed by atoms with Crippen LogP contribution in [-0.4, -0.2) is 28.9 Å². The number of amides is 2. The molecule has 0 saturated carbocycles. The van der Waals surface area contributed by atoms with Gasteiger partial charge in [0.15, 0.2) is 0 Å². The van der Waals surface area contributed by atoms with Gasteiger partial charge in [-0.1, -0.05) is 58.3 Å². The van der Waals surface area contributed by atoms with Gasteiger partial charge >= 0.3 is 5.97 Å². The number of aliphatic carboxylic acids is 1. The molecular formula is C17H32N2O4. The molecule has 0 radical (unpaired) electrons. The summed E-state index contributed by atoms with van der Waals surface area (Å²) in [5, 5.41) is 11.4. The van der Waals surface area contributed by atoms with E-state index < -0.39 is 17.9 Å². The van der Waals surface area contributed by atoms with E-state index in [1.807, 2.05) is 0 Å². The molecule has 23 heavy (non-hydrogen) atoms. The van der Waals surface area contributed by atoms with Crippen LogP contribution in [0.4, 0.5) is 0 Å². The van der Waals surface area contributed by atoms with E-state index in [4.69, 9.17) is 10.8 Å². The van der Waals surface area contributed by atoms with Crippen molar-refractivity contribution in [2.75, 3.05) is 0 Å². The fourth-order valence-electron chi connectivity index (χ4n) is 2.41. The van der Waals surface area contributed by atoms with Gasteiger partial charge in [-0.25, -0.2) is 4.79 Å². The molecule has 0 aromatic heterocycles. The van der Waals surface area contributed by atoms with Crippen LogP contribution in [0.25, 0.3) is 0 Å². The van der Waals surface area contributed by atoms with Gasteiger partial charge in [-0.2, -0.15) is 0 Å². The van der Waals surface area contributed by atoms with Gasteiger partial charge in [0.25, 0.3) is 0 Å². The molecule has 0 rings (SSSR count). The average Bonchev–Trinajstić information content (AvgIpc) is 2.49. The highest BCUT2D eigenvalue weighted by molar-refractivity contribution is 5.84. The van der Waals surface area contributed by atoms with Crippen molar-refractivity contribution >= 4 is 17.8 Å². The Morgan fingerprint density at radius 1 is 0.913 bits per heavy atom. The number of hydrogen-bond acceptors (Lipinski definition) is 3. The smallest absolute Gasteiger partial charge is 0.326 e. The number of carboxylic acids is 1. The summed E-state index contributed by atoms with van der Waals surface area (Å²) in [5.41, 5.74) is 4.99. The van der Waals surface area contributed by atoms with Crippen molar-refractivity contribution < 1.29 is 19.5 Å². The van der Waals surface area contributed by atoms with Crippen LogP contribution in [0, 0.1) is 0 Å². The number of primary amides is 1.